The Balaban J connectivity index is 0. The van der Waals surface area contributed by atoms with Crippen molar-refractivity contribution in [2.24, 2.45) is 5.73 Å². The molecule has 0 aromatic rings. The Kier molecular flexibility index (Phi) is 8.70. The van der Waals surface area contributed by atoms with Gasteiger partial charge in [-0.25, -0.2) is 4.79 Å². The molecule has 0 heterocycles. The number of nitrogens with two attached hydrogens (primary N) is 1. The molecule has 0 aromatic heterocycles. The van der Waals surface area contributed by atoms with Gasteiger partial charge in [-0.15, -0.1) is 0 Å². The van der Waals surface area contributed by atoms with Crippen molar-refractivity contribution in [1.29, 1.82) is 0 Å². The second kappa shape index (κ2) is 8.42. The molecule has 0 aliphatic heterocycles. The molecule has 0 radical (unpaired) electrons. The van der Waals surface area contributed by atoms with Gasteiger partial charge in [0.05, 0.1) is 0 Å². The van der Waals surface area contributed by atoms with Crippen LogP contribution in [0.2, 0.25) is 0 Å². The first-order valence-electron chi connectivity index (χ1n) is 4.27. The highest BCUT2D eigenvalue weighted by Gasteiger charge is 2.12. The van der Waals surface area contributed by atoms with Gasteiger partial charge < -0.3 is 21.1 Å². The zero-order valence-corrected chi connectivity index (χ0v) is 8.84. The van der Waals surface area contributed by atoms with Crippen molar-refractivity contribution in [3.05, 3.63) is 12.2 Å². The molecule has 0 saturated carbocycles. The first-order valence-corrected chi connectivity index (χ1v) is 4.27. The fourth-order valence-corrected chi connectivity index (χ4v) is 0.402. The van der Waals surface area contributed by atoms with E-state index in [1.165, 1.54) is 6.92 Å². The summed E-state index contributed by atoms with van der Waals surface area (Å²) in [6, 6.07) is -1.06. The number of carboxylic acids is 3. The van der Waals surface area contributed by atoms with Gasteiger partial charge in [-0.3, -0.25) is 9.59 Å². The van der Waals surface area contributed by atoms with Gasteiger partial charge in [-0.05, 0) is 13.3 Å². The first-order chi connectivity index (χ1) is 7.18. The van der Waals surface area contributed by atoms with E-state index in [0.717, 1.165) is 0 Å². The van der Waals surface area contributed by atoms with Gasteiger partial charge in [-0.2, -0.15) is 0 Å². The third-order valence-electron chi connectivity index (χ3n) is 1.35. The lowest BCUT2D eigenvalue weighted by Crippen LogP contribution is -2.30. The van der Waals surface area contributed by atoms with Gasteiger partial charge in [-0.1, -0.05) is 6.58 Å². The molecule has 0 fully saturated rings. The summed E-state index contributed by atoms with van der Waals surface area (Å²) in [6.45, 7) is 4.60. The van der Waals surface area contributed by atoms with Crippen LogP contribution in [0.5, 0.6) is 0 Å². The second-order valence-corrected chi connectivity index (χ2v) is 2.96. The maximum atomic E-state index is 9.99. The van der Waals surface area contributed by atoms with Crippen LogP contribution in [0.25, 0.3) is 0 Å². The third-order valence-corrected chi connectivity index (χ3v) is 1.35. The van der Waals surface area contributed by atoms with E-state index in [1.54, 1.807) is 0 Å². The number of aliphatic carboxylic acids is 3. The van der Waals surface area contributed by atoms with Crippen molar-refractivity contribution in [3.8, 4) is 0 Å². The summed E-state index contributed by atoms with van der Waals surface area (Å²) in [5, 5.41) is 24.2. The number of hydrogen-bond donors (Lipinski definition) is 4. The monoisotopic (exact) mass is 233 g/mol. The van der Waals surface area contributed by atoms with Crippen LogP contribution in [-0.2, 0) is 14.4 Å². The van der Waals surface area contributed by atoms with Crippen LogP contribution >= 0.6 is 0 Å². The Labute approximate surface area is 92.2 Å². The van der Waals surface area contributed by atoms with Crippen LogP contribution in [0, 0.1) is 0 Å². The van der Waals surface area contributed by atoms with Crippen molar-refractivity contribution in [1.82, 2.24) is 0 Å². The molecule has 0 spiro atoms. The van der Waals surface area contributed by atoms with Crippen molar-refractivity contribution in [2.45, 2.75) is 25.8 Å². The molecule has 0 aromatic carbocycles. The van der Waals surface area contributed by atoms with E-state index in [4.69, 9.17) is 21.1 Å². The molecule has 0 bridgehead atoms. The first kappa shape index (κ1) is 16.5. The predicted molar refractivity (Wildman–Crippen MR) is 54.9 cm³/mol. The summed E-state index contributed by atoms with van der Waals surface area (Å²) in [4.78, 5) is 29.5. The SMILES string of the molecule is C=C(C)C(=O)O.N[C@@H](CCC(=O)O)C(=O)O. The normalized spacial score (nSPS) is 10.6. The van der Waals surface area contributed by atoms with Crippen LogP contribution < -0.4 is 5.73 Å². The van der Waals surface area contributed by atoms with Gasteiger partial charge in [0.1, 0.15) is 6.04 Å². The molecular formula is C9H15NO6. The van der Waals surface area contributed by atoms with E-state index >= 15 is 0 Å². The Morgan fingerprint density at radius 2 is 1.62 bits per heavy atom. The lowest BCUT2D eigenvalue weighted by atomic mass is 10.2. The molecule has 16 heavy (non-hydrogen) atoms. The fourth-order valence-electron chi connectivity index (χ4n) is 0.402. The van der Waals surface area contributed by atoms with E-state index < -0.39 is 23.9 Å². The minimum Gasteiger partial charge on any atom is -0.481 e. The molecular weight excluding hydrogens is 218 g/mol. The van der Waals surface area contributed by atoms with Gasteiger partial charge in [0, 0.05) is 12.0 Å². The van der Waals surface area contributed by atoms with Crippen LogP contribution in [0.4, 0.5) is 0 Å². The van der Waals surface area contributed by atoms with Crippen molar-refractivity contribution >= 4 is 17.9 Å². The average Bonchev–Trinajstić information content (AvgIpc) is 2.14. The van der Waals surface area contributed by atoms with E-state index in [9.17, 15) is 14.4 Å². The second-order valence-electron chi connectivity index (χ2n) is 2.96. The molecule has 7 heteroatoms. The van der Waals surface area contributed by atoms with E-state index in [0.29, 0.717) is 0 Å². The summed E-state index contributed by atoms with van der Waals surface area (Å²) in [6.07, 6.45) is -0.224. The number of rotatable bonds is 5. The molecule has 92 valence electrons. The Hall–Kier alpha value is -1.89. The Morgan fingerprint density at radius 1 is 1.25 bits per heavy atom. The summed E-state index contributed by atoms with van der Waals surface area (Å²) < 4.78 is 0. The van der Waals surface area contributed by atoms with Crippen LogP contribution in [-0.4, -0.2) is 39.3 Å². The highest BCUT2D eigenvalue weighted by molar-refractivity contribution is 5.84. The summed E-state index contributed by atoms with van der Waals surface area (Å²) in [5.74, 6) is -3.13. The molecule has 7 nitrogen and oxygen atoms in total. The average molecular weight is 233 g/mol. The largest absolute Gasteiger partial charge is 0.481 e. The summed E-state index contributed by atoms with van der Waals surface area (Å²) in [7, 11) is 0. The van der Waals surface area contributed by atoms with E-state index in [-0.39, 0.29) is 18.4 Å². The quantitative estimate of drug-likeness (QED) is 0.487. The maximum absolute atomic E-state index is 9.99. The van der Waals surface area contributed by atoms with Crippen LogP contribution in [0.3, 0.4) is 0 Å². The number of hydrogen-bond acceptors (Lipinski definition) is 4. The number of carboxylic acid groups (broad SMARTS) is 3. The maximum Gasteiger partial charge on any atom is 0.330 e. The topological polar surface area (TPSA) is 138 Å². The van der Waals surface area contributed by atoms with Crippen LogP contribution in [0.15, 0.2) is 12.2 Å². The molecule has 0 amide bonds. The van der Waals surface area contributed by atoms with Gasteiger partial charge in [0.15, 0.2) is 0 Å². The fraction of sp³-hybridized carbons (Fsp3) is 0.444. The third kappa shape index (κ3) is 12.1. The summed E-state index contributed by atoms with van der Waals surface area (Å²) >= 11 is 0. The molecule has 0 rings (SSSR count). The molecule has 0 saturated heterocycles. The zero-order chi connectivity index (χ0) is 13.3. The molecule has 1 atom stereocenters. The molecule has 0 unspecified atom stereocenters. The van der Waals surface area contributed by atoms with E-state index in [1.807, 2.05) is 0 Å². The van der Waals surface area contributed by atoms with Crippen molar-refractivity contribution in [2.75, 3.05) is 0 Å². The zero-order valence-electron chi connectivity index (χ0n) is 8.84. The van der Waals surface area contributed by atoms with E-state index in [2.05, 4.69) is 6.58 Å². The molecule has 0 aliphatic carbocycles. The highest BCUT2D eigenvalue weighted by Crippen LogP contribution is 1.93. The minimum atomic E-state index is -1.17. The lowest BCUT2D eigenvalue weighted by Gasteiger charge is -2.01. The number of carbonyl (C=O) groups is 3. The van der Waals surface area contributed by atoms with Crippen LogP contribution in [0.1, 0.15) is 19.8 Å². The van der Waals surface area contributed by atoms with Crippen molar-refractivity contribution in [3.63, 3.8) is 0 Å². The van der Waals surface area contributed by atoms with Gasteiger partial charge in [0.25, 0.3) is 0 Å². The minimum absolute atomic E-state index is 0.0231. The smallest absolute Gasteiger partial charge is 0.330 e. The van der Waals surface area contributed by atoms with Gasteiger partial charge in [0.2, 0.25) is 0 Å². The summed E-state index contributed by atoms with van der Waals surface area (Å²) in [5.41, 5.74) is 5.18. The lowest BCUT2D eigenvalue weighted by molar-refractivity contribution is -0.140. The Morgan fingerprint density at radius 3 is 1.81 bits per heavy atom. The molecule has 5 N–H and O–H groups in total. The predicted octanol–water partition coefficient (Wildman–Crippen LogP) is -0.0898. The Bertz CT molecular complexity index is 274. The molecule has 0 aliphatic rings. The highest BCUT2D eigenvalue weighted by atomic mass is 16.4. The standard InChI is InChI=1S/C5H9NO4.C4H6O2/c6-3(5(9)10)1-2-4(7)8;1-3(2)4(5)6/h3H,1-2,6H2,(H,7,8)(H,9,10);1H2,2H3,(H,5,6)/t3-;/m0./s1. The van der Waals surface area contributed by atoms with Gasteiger partial charge >= 0.3 is 17.9 Å². The van der Waals surface area contributed by atoms with Crippen molar-refractivity contribution < 1.29 is 29.7 Å².